The van der Waals surface area contributed by atoms with E-state index in [4.69, 9.17) is 5.11 Å². The predicted octanol–water partition coefficient (Wildman–Crippen LogP) is 1.45. The van der Waals surface area contributed by atoms with Crippen molar-refractivity contribution in [1.29, 1.82) is 0 Å². The standard InChI is InChI=1S/C11H13F3N2O3/c12-11(13,14)7-19-5-4-15-6-9-8(10(17)18)2-1-3-16-9/h1-3,15H,4-7H2,(H,17,18). The van der Waals surface area contributed by atoms with Crippen molar-refractivity contribution in [3.8, 4) is 0 Å². The molecule has 1 heterocycles. The summed E-state index contributed by atoms with van der Waals surface area (Å²) in [5.74, 6) is -1.10. The lowest BCUT2D eigenvalue weighted by Crippen LogP contribution is -2.24. The number of nitrogens with zero attached hydrogens (tertiary/aromatic N) is 1. The largest absolute Gasteiger partial charge is 0.478 e. The van der Waals surface area contributed by atoms with Crippen LogP contribution in [0.3, 0.4) is 0 Å². The Labute approximate surface area is 107 Å². The zero-order valence-corrected chi connectivity index (χ0v) is 9.91. The number of ether oxygens (including phenoxy) is 1. The minimum atomic E-state index is -4.34. The van der Waals surface area contributed by atoms with Crippen molar-refractivity contribution in [2.45, 2.75) is 12.7 Å². The zero-order valence-electron chi connectivity index (χ0n) is 9.91. The lowest BCUT2D eigenvalue weighted by atomic mass is 10.2. The van der Waals surface area contributed by atoms with E-state index in [2.05, 4.69) is 15.0 Å². The number of hydrogen-bond donors (Lipinski definition) is 2. The Balaban J connectivity index is 2.28. The number of carbonyl (C=O) groups is 1. The molecular formula is C11H13F3N2O3. The second-order valence-corrected chi connectivity index (χ2v) is 3.65. The van der Waals surface area contributed by atoms with Crippen LogP contribution in [0.15, 0.2) is 18.3 Å². The number of rotatable bonds is 7. The summed E-state index contributed by atoms with van der Waals surface area (Å²) in [6, 6.07) is 2.91. The molecule has 0 fully saturated rings. The topological polar surface area (TPSA) is 71.5 Å². The number of carboxylic acid groups (broad SMARTS) is 1. The first kappa shape index (κ1) is 15.4. The van der Waals surface area contributed by atoms with Gasteiger partial charge in [-0.25, -0.2) is 4.79 Å². The van der Waals surface area contributed by atoms with Gasteiger partial charge in [0.25, 0.3) is 0 Å². The van der Waals surface area contributed by atoms with Crippen LogP contribution < -0.4 is 5.32 Å². The molecule has 0 aliphatic carbocycles. The van der Waals surface area contributed by atoms with Crippen LogP contribution in [0.4, 0.5) is 13.2 Å². The highest BCUT2D eigenvalue weighted by atomic mass is 19.4. The molecule has 0 saturated carbocycles. The highest BCUT2D eigenvalue weighted by Crippen LogP contribution is 2.13. The average Bonchev–Trinajstić information content (AvgIpc) is 2.32. The van der Waals surface area contributed by atoms with Gasteiger partial charge in [-0.1, -0.05) is 0 Å². The maximum Gasteiger partial charge on any atom is 0.411 e. The number of carboxylic acids is 1. The Morgan fingerprint density at radius 2 is 2.21 bits per heavy atom. The lowest BCUT2D eigenvalue weighted by Gasteiger charge is -2.09. The van der Waals surface area contributed by atoms with Crippen LogP contribution in [0.1, 0.15) is 16.1 Å². The fourth-order valence-corrected chi connectivity index (χ4v) is 1.31. The Hall–Kier alpha value is -1.67. The Bertz CT molecular complexity index is 424. The van der Waals surface area contributed by atoms with Crippen molar-refractivity contribution in [2.75, 3.05) is 19.8 Å². The molecule has 0 saturated heterocycles. The third kappa shape index (κ3) is 6.16. The molecule has 0 unspecified atom stereocenters. The van der Waals surface area contributed by atoms with Crippen molar-refractivity contribution in [3.05, 3.63) is 29.6 Å². The minimum Gasteiger partial charge on any atom is -0.478 e. The quantitative estimate of drug-likeness (QED) is 0.739. The van der Waals surface area contributed by atoms with Gasteiger partial charge in [0.15, 0.2) is 0 Å². The number of aromatic nitrogens is 1. The van der Waals surface area contributed by atoms with Crippen LogP contribution in [0, 0.1) is 0 Å². The van der Waals surface area contributed by atoms with Crippen molar-refractivity contribution in [2.24, 2.45) is 0 Å². The van der Waals surface area contributed by atoms with E-state index in [1.54, 1.807) is 0 Å². The Kier molecular flexibility index (Phi) is 5.71. The fraction of sp³-hybridized carbons (Fsp3) is 0.455. The molecule has 0 atom stereocenters. The first-order valence-electron chi connectivity index (χ1n) is 5.42. The molecular weight excluding hydrogens is 265 g/mol. The molecule has 5 nitrogen and oxygen atoms in total. The SMILES string of the molecule is O=C(O)c1cccnc1CNCCOCC(F)(F)F. The van der Waals surface area contributed by atoms with E-state index in [9.17, 15) is 18.0 Å². The van der Waals surface area contributed by atoms with Crippen LogP contribution in [0.25, 0.3) is 0 Å². The third-order valence-electron chi connectivity index (χ3n) is 2.10. The average molecular weight is 278 g/mol. The summed E-state index contributed by atoms with van der Waals surface area (Å²) < 4.78 is 39.6. The summed E-state index contributed by atoms with van der Waals surface area (Å²) in [6.45, 7) is -1.09. The van der Waals surface area contributed by atoms with Gasteiger partial charge in [0, 0.05) is 19.3 Å². The molecule has 0 bridgehead atoms. The van der Waals surface area contributed by atoms with Crippen molar-refractivity contribution in [3.63, 3.8) is 0 Å². The van der Waals surface area contributed by atoms with Gasteiger partial charge < -0.3 is 15.2 Å². The molecule has 0 aromatic carbocycles. The smallest absolute Gasteiger partial charge is 0.411 e. The summed E-state index contributed by atoms with van der Waals surface area (Å²) in [4.78, 5) is 14.7. The summed E-state index contributed by atoms with van der Waals surface area (Å²) >= 11 is 0. The second kappa shape index (κ2) is 7.05. The van der Waals surface area contributed by atoms with Crippen LogP contribution in [-0.2, 0) is 11.3 Å². The van der Waals surface area contributed by atoms with Gasteiger partial charge in [0.1, 0.15) is 6.61 Å². The molecule has 0 aliphatic heterocycles. The van der Waals surface area contributed by atoms with E-state index in [1.807, 2.05) is 0 Å². The number of pyridine rings is 1. The van der Waals surface area contributed by atoms with Gasteiger partial charge >= 0.3 is 12.1 Å². The number of alkyl halides is 3. The zero-order chi connectivity index (χ0) is 14.3. The monoisotopic (exact) mass is 278 g/mol. The predicted molar refractivity (Wildman–Crippen MR) is 59.8 cm³/mol. The molecule has 2 N–H and O–H groups in total. The molecule has 1 aromatic rings. The van der Waals surface area contributed by atoms with Gasteiger partial charge in [0.05, 0.1) is 17.9 Å². The van der Waals surface area contributed by atoms with Crippen LogP contribution in [-0.4, -0.2) is 42.0 Å². The maximum atomic E-state index is 11.8. The summed E-state index contributed by atoms with van der Waals surface area (Å²) in [7, 11) is 0. The molecule has 0 amide bonds. The van der Waals surface area contributed by atoms with E-state index >= 15 is 0 Å². The second-order valence-electron chi connectivity index (χ2n) is 3.65. The third-order valence-corrected chi connectivity index (χ3v) is 2.10. The number of aromatic carboxylic acids is 1. The highest BCUT2D eigenvalue weighted by molar-refractivity contribution is 5.88. The van der Waals surface area contributed by atoms with E-state index in [-0.39, 0.29) is 25.3 Å². The molecule has 1 aromatic heterocycles. The minimum absolute atomic E-state index is 0.0613. The first-order chi connectivity index (χ1) is 8.90. The number of halogens is 3. The van der Waals surface area contributed by atoms with Crippen LogP contribution in [0.2, 0.25) is 0 Å². The molecule has 0 radical (unpaired) electrons. The summed E-state index contributed by atoms with van der Waals surface area (Å²) in [5, 5.41) is 11.6. The lowest BCUT2D eigenvalue weighted by molar-refractivity contribution is -0.173. The van der Waals surface area contributed by atoms with E-state index in [0.717, 1.165) is 0 Å². The summed E-state index contributed by atoms with van der Waals surface area (Å²) in [6.07, 6.45) is -2.89. The highest BCUT2D eigenvalue weighted by Gasteiger charge is 2.27. The summed E-state index contributed by atoms with van der Waals surface area (Å²) in [5.41, 5.74) is 0.386. The van der Waals surface area contributed by atoms with Gasteiger partial charge in [-0.2, -0.15) is 13.2 Å². The van der Waals surface area contributed by atoms with Crippen molar-refractivity contribution >= 4 is 5.97 Å². The van der Waals surface area contributed by atoms with Gasteiger partial charge in [-0.3, -0.25) is 4.98 Å². The van der Waals surface area contributed by atoms with Crippen molar-refractivity contribution < 1.29 is 27.8 Å². The van der Waals surface area contributed by atoms with Crippen LogP contribution >= 0.6 is 0 Å². The molecule has 1 rings (SSSR count). The fourth-order valence-electron chi connectivity index (χ4n) is 1.31. The van der Waals surface area contributed by atoms with Gasteiger partial charge in [0.2, 0.25) is 0 Å². The molecule has 106 valence electrons. The molecule has 8 heteroatoms. The van der Waals surface area contributed by atoms with E-state index in [1.165, 1.54) is 18.3 Å². The van der Waals surface area contributed by atoms with Crippen LogP contribution in [0.5, 0.6) is 0 Å². The molecule has 19 heavy (non-hydrogen) atoms. The van der Waals surface area contributed by atoms with Gasteiger partial charge in [-0.15, -0.1) is 0 Å². The first-order valence-corrected chi connectivity index (χ1v) is 5.42. The van der Waals surface area contributed by atoms with E-state index in [0.29, 0.717) is 5.69 Å². The Morgan fingerprint density at radius 1 is 1.47 bits per heavy atom. The number of hydrogen-bond acceptors (Lipinski definition) is 4. The van der Waals surface area contributed by atoms with E-state index < -0.39 is 18.8 Å². The Morgan fingerprint density at radius 3 is 2.84 bits per heavy atom. The van der Waals surface area contributed by atoms with Gasteiger partial charge in [-0.05, 0) is 12.1 Å². The maximum absolute atomic E-state index is 11.8. The molecule has 0 spiro atoms. The van der Waals surface area contributed by atoms with Crippen molar-refractivity contribution in [1.82, 2.24) is 10.3 Å². The normalized spacial score (nSPS) is 11.5. The molecule has 0 aliphatic rings. The number of nitrogens with one attached hydrogen (secondary N) is 1.